The van der Waals surface area contributed by atoms with Gasteiger partial charge in [0.05, 0.1) is 16.0 Å². The Morgan fingerprint density at radius 1 is 1.19 bits per heavy atom. The molecule has 37 heavy (non-hydrogen) atoms. The van der Waals surface area contributed by atoms with Gasteiger partial charge in [-0.05, 0) is 73.4 Å². The molecule has 198 valence electrons. The minimum Gasteiger partial charge on any atom is -0.352 e. The highest BCUT2D eigenvalue weighted by Crippen LogP contribution is 2.49. The molecule has 2 aromatic rings. The van der Waals surface area contributed by atoms with Crippen molar-refractivity contribution >= 4 is 23.6 Å². The summed E-state index contributed by atoms with van der Waals surface area (Å²) < 4.78 is 39.7. The standard InChI is InChI=1S/C30H34ClF3N2O/c1-3-28(27(37)35-18-21-8-9-26(31)25(16-21)30(32,33)34)12-11-23(17-28)36-15-14-29(20(2)19-36)13-10-22-6-4-5-7-24(22)29/h4-10,13,16,20,23H,3,11-12,14-15,17-19H2,1-2H3,(H,35,37)/t20-,23?,28?,29-/m0/s1. The third-order valence-corrected chi connectivity index (χ3v) is 9.60. The Morgan fingerprint density at radius 3 is 2.70 bits per heavy atom. The molecular weight excluding hydrogens is 497 g/mol. The number of carbonyl (C=O) groups excluding carboxylic acids is 1. The fourth-order valence-corrected chi connectivity index (χ4v) is 7.15. The minimum absolute atomic E-state index is 0.0561. The predicted molar refractivity (Wildman–Crippen MR) is 141 cm³/mol. The summed E-state index contributed by atoms with van der Waals surface area (Å²) in [5.41, 5.74) is 1.90. The summed E-state index contributed by atoms with van der Waals surface area (Å²) in [7, 11) is 0. The smallest absolute Gasteiger partial charge is 0.352 e. The summed E-state index contributed by atoms with van der Waals surface area (Å²) in [4.78, 5) is 15.9. The van der Waals surface area contributed by atoms with E-state index in [0.717, 1.165) is 44.8 Å². The number of amides is 1. The molecule has 1 amide bonds. The first-order valence-electron chi connectivity index (χ1n) is 13.2. The molecule has 1 spiro atoms. The molecule has 4 atom stereocenters. The van der Waals surface area contributed by atoms with Gasteiger partial charge in [-0.1, -0.05) is 67.9 Å². The zero-order valence-corrected chi connectivity index (χ0v) is 22.1. The van der Waals surface area contributed by atoms with Crippen LogP contribution in [-0.2, 0) is 22.9 Å². The third-order valence-electron chi connectivity index (χ3n) is 9.27. The Balaban J connectivity index is 1.23. The highest BCUT2D eigenvalue weighted by Gasteiger charge is 2.49. The monoisotopic (exact) mass is 530 g/mol. The van der Waals surface area contributed by atoms with Crippen molar-refractivity contribution in [1.29, 1.82) is 0 Å². The summed E-state index contributed by atoms with van der Waals surface area (Å²) >= 11 is 5.74. The van der Waals surface area contributed by atoms with E-state index in [9.17, 15) is 18.0 Å². The van der Waals surface area contributed by atoms with Crippen molar-refractivity contribution < 1.29 is 18.0 Å². The van der Waals surface area contributed by atoms with Gasteiger partial charge in [0.2, 0.25) is 5.91 Å². The summed E-state index contributed by atoms with van der Waals surface area (Å²) in [6, 6.07) is 12.8. The van der Waals surface area contributed by atoms with E-state index in [0.29, 0.717) is 23.9 Å². The molecule has 0 bridgehead atoms. The van der Waals surface area contributed by atoms with Gasteiger partial charge in [0, 0.05) is 24.5 Å². The first kappa shape index (κ1) is 26.3. The Bertz CT molecular complexity index is 1210. The molecule has 2 unspecified atom stereocenters. The molecule has 2 fully saturated rings. The maximum Gasteiger partial charge on any atom is 0.417 e. The number of nitrogens with one attached hydrogen (secondary N) is 1. The van der Waals surface area contributed by atoms with Gasteiger partial charge in [0.1, 0.15) is 0 Å². The van der Waals surface area contributed by atoms with Crippen molar-refractivity contribution in [2.75, 3.05) is 13.1 Å². The van der Waals surface area contributed by atoms with E-state index in [4.69, 9.17) is 11.6 Å². The number of halogens is 4. The fourth-order valence-electron chi connectivity index (χ4n) is 6.92. The van der Waals surface area contributed by atoms with Crippen LogP contribution in [0.1, 0.15) is 68.2 Å². The summed E-state index contributed by atoms with van der Waals surface area (Å²) in [6.45, 7) is 6.44. The van der Waals surface area contributed by atoms with Crippen LogP contribution in [0, 0.1) is 11.3 Å². The number of allylic oxidation sites excluding steroid dienone is 1. The lowest BCUT2D eigenvalue weighted by atomic mass is 9.67. The van der Waals surface area contributed by atoms with E-state index >= 15 is 0 Å². The van der Waals surface area contributed by atoms with E-state index in [-0.39, 0.29) is 22.9 Å². The van der Waals surface area contributed by atoms with Crippen LogP contribution in [0.4, 0.5) is 13.2 Å². The largest absolute Gasteiger partial charge is 0.417 e. The molecule has 1 heterocycles. The van der Waals surface area contributed by atoms with Gasteiger partial charge in [0.15, 0.2) is 0 Å². The highest BCUT2D eigenvalue weighted by molar-refractivity contribution is 6.31. The van der Waals surface area contributed by atoms with Gasteiger partial charge in [-0.25, -0.2) is 0 Å². The van der Waals surface area contributed by atoms with E-state index < -0.39 is 17.2 Å². The number of fused-ring (bicyclic) bond motifs is 2. The Kier molecular flexibility index (Phi) is 6.95. The molecule has 0 aromatic heterocycles. The van der Waals surface area contributed by atoms with Crippen LogP contribution >= 0.6 is 11.6 Å². The van der Waals surface area contributed by atoms with Crippen LogP contribution < -0.4 is 5.32 Å². The van der Waals surface area contributed by atoms with Crippen molar-refractivity contribution in [2.24, 2.45) is 11.3 Å². The van der Waals surface area contributed by atoms with Gasteiger partial charge < -0.3 is 5.32 Å². The summed E-state index contributed by atoms with van der Waals surface area (Å²) in [5, 5.41) is 2.60. The second-order valence-corrected chi connectivity index (χ2v) is 11.5. The van der Waals surface area contributed by atoms with Gasteiger partial charge >= 0.3 is 6.18 Å². The molecule has 3 nitrogen and oxygen atoms in total. The lowest BCUT2D eigenvalue weighted by molar-refractivity contribution is -0.137. The maximum absolute atomic E-state index is 13.4. The topological polar surface area (TPSA) is 32.3 Å². The van der Waals surface area contributed by atoms with Gasteiger partial charge in [0.25, 0.3) is 0 Å². The second-order valence-electron chi connectivity index (χ2n) is 11.1. The minimum atomic E-state index is -4.53. The zero-order chi connectivity index (χ0) is 26.4. The summed E-state index contributed by atoms with van der Waals surface area (Å²) in [5.74, 6) is 0.412. The van der Waals surface area contributed by atoms with Gasteiger partial charge in [-0.15, -0.1) is 0 Å². The average Bonchev–Trinajstić information content (AvgIpc) is 3.48. The third kappa shape index (κ3) is 4.72. The Hall–Kier alpha value is -2.31. The number of piperidine rings is 1. The first-order valence-corrected chi connectivity index (χ1v) is 13.6. The summed E-state index contributed by atoms with van der Waals surface area (Å²) in [6.07, 6.45) is 4.48. The van der Waals surface area contributed by atoms with E-state index in [1.807, 2.05) is 6.92 Å². The number of alkyl halides is 3. The number of carbonyl (C=O) groups is 1. The van der Waals surface area contributed by atoms with E-state index in [1.165, 1.54) is 23.3 Å². The van der Waals surface area contributed by atoms with E-state index in [2.05, 4.69) is 53.6 Å². The van der Waals surface area contributed by atoms with Crippen LogP contribution in [0.2, 0.25) is 5.02 Å². The van der Waals surface area contributed by atoms with Crippen LogP contribution in [-0.4, -0.2) is 29.9 Å². The van der Waals surface area contributed by atoms with Crippen LogP contribution in [0.15, 0.2) is 48.5 Å². The second kappa shape index (κ2) is 9.77. The molecule has 1 aliphatic heterocycles. The molecular formula is C30H34ClF3N2O. The number of hydrogen-bond donors (Lipinski definition) is 1. The SMILES string of the molecule is CCC1(C(=O)NCc2ccc(Cl)c(C(F)(F)F)c2)CCC(N2CC[C@@]3(C=Cc4ccccc43)[C@@H](C)C2)C1. The van der Waals surface area contributed by atoms with Crippen molar-refractivity contribution in [3.63, 3.8) is 0 Å². The maximum atomic E-state index is 13.4. The van der Waals surface area contributed by atoms with Crippen LogP contribution in [0.5, 0.6) is 0 Å². The first-order chi connectivity index (χ1) is 17.6. The molecule has 3 aliphatic rings. The van der Waals surface area contributed by atoms with Gasteiger partial charge in [-0.3, -0.25) is 9.69 Å². The zero-order valence-electron chi connectivity index (χ0n) is 21.4. The fraction of sp³-hybridized carbons (Fsp3) is 0.500. The number of hydrogen-bond acceptors (Lipinski definition) is 2. The number of benzene rings is 2. The van der Waals surface area contributed by atoms with Crippen molar-refractivity contribution in [3.05, 3.63) is 75.8 Å². The lowest BCUT2D eigenvalue weighted by Crippen LogP contribution is -2.51. The predicted octanol–water partition coefficient (Wildman–Crippen LogP) is 7.23. The van der Waals surface area contributed by atoms with E-state index in [1.54, 1.807) is 0 Å². The van der Waals surface area contributed by atoms with Crippen LogP contribution in [0.25, 0.3) is 6.08 Å². The number of nitrogens with zero attached hydrogens (tertiary/aromatic N) is 1. The van der Waals surface area contributed by atoms with Gasteiger partial charge in [-0.2, -0.15) is 13.2 Å². The molecule has 2 aliphatic carbocycles. The lowest BCUT2D eigenvalue weighted by Gasteiger charge is -2.46. The average molecular weight is 531 g/mol. The van der Waals surface area contributed by atoms with Crippen molar-refractivity contribution in [3.8, 4) is 0 Å². The molecule has 2 aromatic carbocycles. The molecule has 0 radical (unpaired) electrons. The molecule has 1 N–H and O–H groups in total. The molecule has 7 heteroatoms. The van der Waals surface area contributed by atoms with Crippen molar-refractivity contribution in [2.45, 2.75) is 70.1 Å². The molecule has 1 saturated heterocycles. The normalized spacial score (nSPS) is 29.6. The Morgan fingerprint density at radius 2 is 1.97 bits per heavy atom. The number of rotatable bonds is 5. The molecule has 1 saturated carbocycles. The van der Waals surface area contributed by atoms with Crippen LogP contribution in [0.3, 0.4) is 0 Å². The highest BCUT2D eigenvalue weighted by atomic mass is 35.5. The quantitative estimate of drug-likeness (QED) is 0.442. The van der Waals surface area contributed by atoms with Crippen molar-refractivity contribution in [1.82, 2.24) is 10.2 Å². The number of likely N-dealkylation sites (tertiary alicyclic amines) is 1. The molecule has 5 rings (SSSR count). The Labute approximate surface area is 222 Å².